The zero-order chi connectivity index (χ0) is 13.4. The summed E-state index contributed by atoms with van der Waals surface area (Å²) in [6.45, 7) is 2.75. The Hall–Kier alpha value is -1.69. The smallest absolute Gasteiger partial charge is 0.358 e. The lowest BCUT2D eigenvalue weighted by atomic mass is 10.2. The number of carboxylic acids is 1. The molecule has 3 rings (SSSR count). The summed E-state index contributed by atoms with van der Waals surface area (Å²) in [7, 11) is 0. The fourth-order valence-corrected chi connectivity index (χ4v) is 3.14. The number of thiophene rings is 1. The second-order valence-electron chi connectivity index (χ2n) is 4.78. The monoisotopic (exact) mass is 277 g/mol. The van der Waals surface area contributed by atoms with Crippen LogP contribution in [-0.4, -0.2) is 26.1 Å². The molecule has 0 aliphatic heterocycles. The van der Waals surface area contributed by atoms with Crippen molar-refractivity contribution in [1.82, 2.24) is 15.0 Å². The second-order valence-corrected chi connectivity index (χ2v) is 6.03. The van der Waals surface area contributed by atoms with E-state index in [9.17, 15) is 4.79 Å². The van der Waals surface area contributed by atoms with Gasteiger partial charge in [-0.1, -0.05) is 12.1 Å². The minimum Gasteiger partial charge on any atom is -0.476 e. The zero-order valence-corrected chi connectivity index (χ0v) is 11.5. The van der Waals surface area contributed by atoms with Crippen LogP contribution in [0.2, 0.25) is 0 Å². The third kappa shape index (κ3) is 2.40. The van der Waals surface area contributed by atoms with E-state index in [4.69, 9.17) is 5.11 Å². The average Bonchev–Trinajstić information content (AvgIpc) is 2.98. The molecule has 0 spiro atoms. The predicted molar refractivity (Wildman–Crippen MR) is 71.8 cm³/mol. The van der Waals surface area contributed by atoms with Gasteiger partial charge in [0.1, 0.15) is 0 Å². The summed E-state index contributed by atoms with van der Waals surface area (Å²) < 4.78 is 1.76. The highest BCUT2D eigenvalue weighted by atomic mass is 32.1. The largest absolute Gasteiger partial charge is 0.476 e. The molecule has 0 aromatic carbocycles. The molecule has 1 aliphatic rings. The van der Waals surface area contributed by atoms with Crippen LogP contribution < -0.4 is 0 Å². The molecule has 5 nitrogen and oxygen atoms in total. The van der Waals surface area contributed by atoms with E-state index in [1.54, 1.807) is 16.0 Å². The standard InChI is InChI=1S/C13H15N3O2S/c1-2-9-5-6-10(19-9)7-16-12(8-3-4-8)11(13(17)18)14-15-16/h5-6,8H,2-4,7H2,1H3,(H,17,18). The van der Waals surface area contributed by atoms with Gasteiger partial charge >= 0.3 is 5.97 Å². The van der Waals surface area contributed by atoms with E-state index in [-0.39, 0.29) is 5.69 Å². The minimum absolute atomic E-state index is 0.120. The molecule has 1 saturated carbocycles. The summed E-state index contributed by atoms with van der Waals surface area (Å²) >= 11 is 1.75. The SMILES string of the molecule is CCc1ccc(Cn2nnc(C(=O)O)c2C2CC2)s1. The molecule has 6 heteroatoms. The van der Waals surface area contributed by atoms with Crippen LogP contribution in [0.1, 0.15) is 51.6 Å². The summed E-state index contributed by atoms with van der Waals surface area (Å²) in [4.78, 5) is 13.7. The van der Waals surface area contributed by atoms with Gasteiger partial charge in [0.25, 0.3) is 0 Å². The molecule has 0 atom stereocenters. The van der Waals surface area contributed by atoms with Gasteiger partial charge in [0, 0.05) is 15.7 Å². The van der Waals surface area contributed by atoms with Gasteiger partial charge in [0.05, 0.1) is 12.2 Å². The molecule has 19 heavy (non-hydrogen) atoms. The Morgan fingerprint density at radius 1 is 1.47 bits per heavy atom. The number of hydrogen-bond acceptors (Lipinski definition) is 4. The number of aromatic carboxylic acids is 1. The molecule has 1 fully saturated rings. The topological polar surface area (TPSA) is 68.0 Å². The fourth-order valence-electron chi connectivity index (χ4n) is 2.20. The van der Waals surface area contributed by atoms with Crippen molar-refractivity contribution in [2.24, 2.45) is 0 Å². The van der Waals surface area contributed by atoms with Gasteiger partial charge < -0.3 is 5.11 Å². The summed E-state index contributed by atoms with van der Waals surface area (Å²) in [5.41, 5.74) is 0.911. The molecule has 0 radical (unpaired) electrons. The van der Waals surface area contributed by atoms with E-state index in [0.717, 1.165) is 25.0 Å². The van der Waals surface area contributed by atoms with Crippen molar-refractivity contribution >= 4 is 17.3 Å². The second kappa shape index (κ2) is 4.77. The molecule has 2 aromatic heterocycles. The maximum Gasteiger partial charge on any atom is 0.358 e. The molecule has 1 aliphatic carbocycles. The Kier molecular flexibility index (Phi) is 3.10. The van der Waals surface area contributed by atoms with Crippen molar-refractivity contribution in [3.8, 4) is 0 Å². The minimum atomic E-state index is -0.978. The van der Waals surface area contributed by atoms with Gasteiger partial charge in [-0.15, -0.1) is 16.4 Å². The number of hydrogen-bond donors (Lipinski definition) is 1. The summed E-state index contributed by atoms with van der Waals surface area (Å²) in [6.07, 6.45) is 3.11. The molecule has 0 saturated heterocycles. The normalized spacial score (nSPS) is 14.8. The predicted octanol–water partition coefficient (Wildman–Crippen LogP) is 2.53. The van der Waals surface area contributed by atoms with Gasteiger partial charge in [-0.3, -0.25) is 0 Å². The van der Waals surface area contributed by atoms with Crippen molar-refractivity contribution in [2.75, 3.05) is 0 Å². The van der Waals surface area contributed by atoms with Crippen molar-refractivity contribution < 1.29 is 9.90 Å². The van der Waals surface area contributed by atoms with E-state index in [2.05, 4.69) is 29.4 Å². The molecular formula is C13H15N3O2S. The Bertz CT molecular complexity index is 613. The van der Waals surface area contributed by atoms with Gasteiger partial charge in [-0.05, 0) is 31.4 Å². The van der Waals surface area contributed by atoms with Crippen molar-refractivity contribution in [3.05, 3.63) is 33.3 Å². The number of aryl methyl sites for hydroxylation is 1. The first-order valence-electron chi connectivity index (χ1n) is 6.43. The first-order valence-corrected chi connectivity index (χ1v) is 7.25. The third-order valence-electron chi connectivity index (χ3n) is 3.31. The van der Waals surface area contributed by atoms with Crippen LogP contribution >= 0.6 is 11.3 Å². The van der Waals surface area contributed by atoms with Crippen LogP contribution in [0.4, 0.5) is 0 Å². The summed E-state index contributed by atoms with van der Waals surface area (Å²) in [5.74, 6) is -0.653. The first-order chi connectivity index (χ1) is 9.19. The molecule has 2 heterocycles. The van der Waals surface area contributed by atoms with Crippen LogP contribution in [0.25, 0.3) is 0 Å². The van der Waals surface area contributed by atoms with E-state index < -0.39 is 5.97 Å². The Morgan fingerprint density at radius 3 is 2.79 bits per heavy atom. The molecule has 100 valence electrons. The number of rotatable bonds is 5. The zero-order valence-electron chi connectivity index (χ0n) is 10.7. The first kappa shape index (κ1) is 12.3. The van der Waals surface area contributed by atoms with Gasteiger partial charge in [0.15, 0.2) is 5.69 Å². The highest BCUT2D eigenvalue weighted by Gasteiger charge is 2.33. The lowest BCUT2D eigenvalue weighted by Gasteiger charge is -2.04. The van der Waals surface area contributed by atoms with Gasteiger partial charge in [-0.25, -0.2) is 9.48 Å². The fraction of sp³-hybridized carbons (Fsp3) is 0.462. The molecule has 0 bridgehead atoms. The van der Waals surface area contributed by atoms with Crippen LogP contribution in [-0.2, 0) is 13.0 Å². The van der Waals surface area contributed by atoms with Gasteiger partial charge in [-0.2, -0.15) is 0 Å². The van der Waals surface area contributed by atoms with E-state index >= 15 is 0 Å². The third-order valence-corrected chi connectivity index (χ3v) is 4.53. The van der Waals surface area contributed by atoms with E-state index in [1.807, 2.05) is 0 Å². The lowest BCUT2D eigenvalue weighted by Crippen LogP contribution is -2.07. The lowest BCUT2D eigenvalue weighted by molar-refractivity contribution is 0.0689. The van der Waals surface area contributed by atoms with E-state index in [0.29, 0.717) is 12.5 Å². The number of aromatic nitrogens is 3. The van der Waals surface area contributed by atoms with Crippen LogP contribution in [0.5, 0.6) is 0 Å². The number of nitrogens with zero attached hydrogens (tertiary/aromatic N) is 3. The maximum atomic E-state index is 11.2. The molecule has 0 amide bonds. The van der Waals surface area contributed by atoms with E-state index in [1.165, 1.54) is 9.75 Å². The average molecular weight is 277 g/mol. The summed E-state index contributed by atoms with van der Waals surface area (Å²) in [6, 6.07) is 4.20. The highest BCUT2D eigenvalue weighted by Crippen LogP contribution is 2.41. The van der Waals surface area contributed by atoms with Crippen molar-refractivity contribution in [3.63, 3.8) is 0 Å². The van der Waals surface area contributed by atoms with Crippen LogP contribution in [0.15, 0.2) is 12.1 Å². The number of carbonyl (C=O) groups is 1. The Labute approximate surface area is 114 Å². The van der Waals surface area contributed by atoms with Crippen LogP contribution in [0.3, 0.4) is 0 Å². The van der Waals surface area contributed by atoms with Gasteiger partial charge in [0.2, 0.25) is 0 Å². The molecule has 2 aromatic rings. The maximum absolute atomic E-state index is 11.2. The Balaban J connectivity index is 1.90. The number of carboxylic acid groups (broad SMARTS) is 1. The van der Waals surface area contributed by atoms with Crippen molar-refractivity contribution in [2.45, 2.75) is 38.6 Å². The quantitative estimate of drug-likeness (QED) is 0.912. The van der Waals surface area contributed by atoms with Crippen molar-refractivity contribution in [1.29, 1.82) is 0 Å². The molecule has 1 N–H and O–H groups in total. The van der Waals surface area contributed by atoms with Crippen LogP contribution in [0, 0.1) is 0 Å². The molecule has 0 unspecified atom stereocenters. The molecular weight excluding hydrogens is 262 g/mol. The Morgan fingerprint density at radius 2 is 2.21 bits per heavy atom. The summed E-state index contributed by atoms with van der Waals surface area (Å²) in [5, 5.41) is 17.0. The highest BCUT2D eigenvalue weighted by molar-refractivity contribution is 7.11.